The first-order valence-corrected chi connectivity index (χ1v) is 7.10. The molecule has 0 aliphatic heterocycles. The number of nitrogens with one attached hydrogen (secondary N) is 2. The van der Waals surface area contributed by atoms with E-state index in [9.17, 15) is 18.0 Å². The van der Waals surface area contributed by atoms with E-state index in [1.54, 1.807) is 26.2 Å². The lowest BCUT2D eigenvalue weighted by molar-refractivity contribution is -0.153. The first-order valence-electron chi connectivity index (χ1n) is 7.10. The van der Waals surface area contributed by atoms with Crippen LogP contribution in [0.15, 0.2) is 24.3 Å². The molecule has 130 valence electrons. The van der Waals surface area contributed by atoms with Gasteiger partial charge in [0.15, 0.2) is 6.61 Å². The van der Waals surface area contributed by atoms with E-state index in [1.165, 1.54) is 12.1 Å². The summed E-state index contributed by atoms with van der Waals surface area (Å²) in [6, 6.07) is 5.87. The molecular weight excluding hydrogens is 313 g/mol. The number of carbonyl (C=O) groups is 1. The monoisotopic (exact) mass is 334 g/mol. The smallest absolute Gasteiger partial charge is 0.422 e. The van der Waals surface area contributed by atoms with Crippen molar-refractivity contribution in [3.63, 3.8) is 0 Å². The van der Waals surface area contributed by atoms with E-state index in [0.717, 1.165) is 5.56 Å². The predicted octanol–water partition coefficient (Wildman–Crippen LogP) is 2.04. The summed E-state index contributed by atoms with van der Waals surface area (Å²) in [5.41, 5.74) is 0.773. The third-order valence-corrected chi connectivity index (χ3v) is 2.93. The molecule has 23 heavy (non-hydrogen) atoms. The second-order valence-electron chi connectivity index (χ2n) is 4.93. The molecular formula is C15H21F3N2O3. The summed E-state index contributed by atoms with van der Waals surface area (Å²) >= 11 is 0. The minimum Gasteiger partial charge on any atom is -0.484 e. The molecule has 1 amide bonds. The number of halogens is 3. The Balaban J connectivity index is 2.41. The Labute approximate surface area is 133 Å². The van der Waals surface area contributed by atoms with Gasteiger partial charge in [0.25, 0.3) is 0 Å². The molecule has 0 fully saturated rings. The zero-order valence-corrected chi connectivity index (χ0v) is 13.1. The van der Waals surface area contributed by atoms with Crippen LogP contribution in [0.4, 0.5) is 13.2 Å². The van der Waals surface area contributed by atoms with Gasteiger partial charge < -0.3 is 20.1 Å². The van der Waals surface area contributed by atoms with Crippen LogP contribution < -0.4 is 15.4 Å². The molecule has 1 aromatic rings. The van der Waals surface area contributed by atoms with Crippen LogP contribution in [0.5, 0.6) is 5.75 Å². The van der Waals surface area contributed by atoms with Gasteiger partial charge in [0, 0.05) is 13.7 Å². The van der Waals surface area contributed by atoms with E-state index in [1.807, 2.05) is 0 Å². The quantitative estimate of drug-likeness (QED) is 0.679. The average Bonchev–Trinajstić information content (AvgIpc) is 2.49. The Kier molecular flexibility index (Phi) is 7.84. The maximum absolute atomic E-state index is 12.1. The van der Waals surface area contributed by atoms with Gasteiger partial charge in [0.1, 0.15) is 5.75 Å². The standard InChI is InChI=1S/C15H21F3N2O3/c1-11(20-14(21)9-19-7-8-22-2)12-3-5-13(6-4-12)23-10-15(16,17)18/h3-6,11,19H,7-10H2,1-2H3,(H,20,21). The molecule has 0 saturated heterocycles. The van der Waals surface area contributed by atoms with Crippen LogP contribution in [0, 0.1) is 0 Å². The molecule has 0 bridgehead atoms. The second-order valence-corrected chi connectivity index (χ2v) is 4.93. The van der Waals surface area contributed by atoms with E-state index in [2.05, 4.69) is 15.4 Å². The van der Waals surface area contributed by atoms with E-state index < -0.39 is 12.8 Å². The number of benzene rings is 1. The van der Waals surface area contributed by atoms with Crippen molar-refractivity contribution in [3.05, 3.63) is 29.8 Å². The summed E-state index contributed by atoms with van der Waals surface area (Å²) in [6.07, 6.45) is -4.37. The Hall–Kier alpha value is -1.80. The number of hydrogen-bond acceptors (Lipinski definition) is 4. The molecule has 0 heterocycles. The van der Waals surface area contributed by atoms with Crippen LogP contribution in [-0.2, 0) is 9.53 Å². The molecule has 0 aliphatic carbocycles. The molecule has 1 unspecified atom stereocenters. The molecule has 5 nitrogen and oxygen atoms in total. The number of alkyl halides is 3. The summed E-state index contributed by atoms with van der Waals surface area (Å²) in [4.78, 5) is 11.7. The average molecular weight is 334 g/mol. The van der Waals surface area contributed by atoms with Gasteiger partial charge in [-0.05, 0) is 24.6 Å². The third-order valence-electron chi connectivity index (χ3n) is 2.93. The van der Waals surface area contributed by atoms with Crippen LogP contribution in [0.1, 0.15) is 18.5 Å². The molecule has 1 rings (SSSR count). The number of rotatable bonds is 9. The van der Waals surface area contributed by atoms with Crippen molar-refractivity contribution >= 4 is 5.91 Å². The van der Waals surface area contributed by atoms with Gasteiger partial charge in [-0.3, -0.25) is 4.79 Å². The zero-order chi connectivity index (χ0) is 17.3. The maximum atomic E-state index is 12.1. The Bertz CT molecular complexity index is 478. The van der Waals surface area contributed by atoms with Crippen LogP contribution in [0.25, 0.3) is 0 Å². The third kappa shape index (κ3) is 8.41. The van der Waals surface area contributed by atoms with E-state index in [0.29, 0.717) is 13.2 Å². The fourth-order valence-electron chi connectivity index (χ4n) is 1.77. The Morgan fingerprint density at radius 3 is 2.48 bits per heavy atom. The molecule has 8 heteroatoms. The normalized spacial score (nSPS) is 12.7. The minimum absolute atomic E-state index is 0.130. The highest BCUT2D eigenvalue weighted by molar-refractivity contribution is 5.78. The van der Waals surface area contributed by atoms with Crippen LogP contribution in [-0.4, -0.2) is 45.5 Å². The maximum Gasteiger partial charge on any atom is 0.422 e. The van der Waals surface area contributed by atoms with Crippen LogP contribution in [0.3, 0.4) is 0 Å². The van der Waals surface area contributed by atoms with Gasteiger partial charge in [0.2, 0.25) is 5.91 Å². The van der Waals surface area contributed by atoms with Crippen molar-refractivity contribution in [2.24, 2.45) is 0 Å². The summed E-state index contributed by atoms with van der Waals surface area (Å²) in [5.74, 6) is -0.0446. The van der Waals surface area contributed by atoms with Crippen molar-refractivity contribution < 1.29 is 27.4 Å². The predicted molar refractivity (Wildman–Crippen MR) is 79.3 cm³/mol. The van der Waals surface area contributed by atoms with E-state index >= 15 is 0 Å². The summed E-state index contributed by atoms with van der Waals surface area (Å²) in [7, 11) is 1.58. The number of methoxy groups -OCH3 is 1. The molecule has 0 radical (unpaired) electrons. The lowest BCUT2D eigenvalue weighted by atomic mass is 10.1. The molecule has 0 spiro atoms. The van der Waals surface area contributed by atoms with Crippen molar-refractivity contribution in [1.29, 1.82) is 0 Å². The Morgan fingerprint density at radius 1 is 1.26 bits per heavy atom. The number of carbonyl (C=O) groups excluding carboxylic acids is 1. The SMILES string of the molecule is COCCNCC(=O)NC(C)c1ccc(OCC(F)(F)F)cc1. The van der Waals surface area contributed by atoms with Crippen molar-refractivity contribution in [3.8, 4) is 5.75 Å². The number of amides is 1. The lowest BCUT2D eigenvalue weighted by Crippen LogP contribution is -2.36. The number of hydrogen-bond donors (Lipinski definition) is 2. The van der Waals surface area contributed by atoms with Crippen LogP contribution >= 0.6 is 0 Å². The van der Waals surface area contributed by atoms with Crippen LogP contribution in [0.2, 0.25) is 0 Å². The topological polar surface area (TPSA) is 59.6 Å². The van der Waals surface area contributed by atoms with Gasteiger partial charge in [-0.2, -0.15) is 13.2 Å². The molecule has 0 aliphatic rings. The molecule has 1 atom stereocenters. The zero-order valence-electron chi connectivity index (χ0n) is 13.1. The van der Waals surface area contributed by atoms with Gasteiger partial charge in [-0.15, -0.1) is 0 Å². The van der Waals surface area contributed by atoms with Gasteiger partial charge in [-0.25, -0.2) is 0 Å². The first-order chi connectivity index (χ1) is 10.8. The van der Waals surface area contributed by atoms with Crippen molar-refractivity contribution in [2.45, 2.75) is 19.1 Å². The molecule has 2 N–H and O–H groups in total. The van der Waals surface area contributed by atoms with Gasteiger partial charge in [0.05, 0.1) is 19.2 Å². The van der Waals surface area contributed by atoms with E-state index in [4.69, 9.17) is 4.74 Å². The van der Waals surface area contributed by atoms with Gasteiger partial charge >= 0.3 is 6.18 Å². The largest absolute Gasteiger partial charge is 0.484 e. The minimum atomic E-state index is -4.37. The highest BCUT2D eigenvalue weighted by Crippen LogP contribution is 2.20. The molecule has 0 aromatic heterocycles. The van der Waals surface area contributed by atoms with E-state index in [-0.39, 0.29) is 24.2 Å². The summed E-state index contributed by atoms with van der Waals surface area (Å²) in [6.45, 7) is 1.72. The first kappa shape index (κ1) is 19.2. The second kappa shape index (κ2) is 9.36. The molecule has 1 aromatic carbocycles. The van der Waals surface area contributed by atoms with Crippen molar-refractivity contribution in [1.82, 2.24) is 10.6 Å². The number of ether oxygens (including phenoxy) is 2. The summed E-state index contributed by atoms with van der Waals surface area (Å²) < 4.78 is 45.6. The fourth-order valence-corrected chi connectivity index (χ4v) is 1.77. The fraction of sp³-hybridized carbons (Fsp3) is 0.533. The highest BCUT2D eigenvalue weighted by Gasteiger charge is 2.28. The highest BCUT2D eigenvalue weighted by atomic mass is 19.4. The van der Waals surface area contributed by atoms with Gasteiger partial charge in [-0.1, -0.05) is 12.1 Å². The lowest BCUT2D eigenvalue weighted by Gasteiger charge is -2.15. The molecule has 0 saturated carbocycles. The van der Waals surface area contributed by atoms with Crippen molar-refractivity contribution in [2.75, 3.05) is 33.4 Å². The Morgan fingerprint density at radius 2 is 1.91 bits per heavy atom. The summed E-state index contributed by atoms with van der Waals surface area (Å²) in [5, 5.41) is 5.71.